The van der Waals surface area contributed by atoms with Gasteiger partial charge in [0.2, 0.25) is 5.91 Å². The number of hydrogen-bond acceptors (Lipinski definition) is 3. The first-order valence-electron chi connectivity index (χ1n) is 10.0. The molecule has 2 heterocycles. The van der Waals surface area contributed by atoms with Crippen LogP contribution in [0.3, 0.4) is 0 Å². The molecule has 0 saturated heterocycles. The second kappa shape index (κ2) is 7.76. The maximum atomic E-state index is 12.6. The molecule has 0 spiro atoms. The molecule has 1 unspecified atom stereocenters. The van der Waals surface area contributed by atoms with Crippen LogP contribution in [0.1, 0.15) is 40.9 Å². The number of fused-ring (bicyclic) bond motifs is 2. The van der Waals surface area contributed by atoms with Crippen LogP contribution in [-0.4, -0.2) is 42.4 Å². The standard InChI is InChI=1S/C23H27N3O2/c1-16(25-11-9-18-5-3-4-6-21(18)15-25)14-24-23(28)20-7-8-22-19(13-20)10-12-26(22)17(2)27/h3-8,13,16H,9-12,14-15H2,1-2H3,(H,24,28). The van der Waals surface area contributed by atoms with Crippen LogP contribution in [0.25, 0.3) is 0 Å². The number of hydrogen-bond donors (Lipinski definition) is 1. The van der Waals surface area contributed by atoms with Crippen molar-refractivity contribution in [2.24, 2.45) is 0 Å². The average Bonchev–Trinajstić information content (AvgIpc) is 3.15. The summed E-state index contributed by atoms with van der Waals surface area (Å²) in [4.78, 5) is 28.5. The third kappa shape index (κ3) is 3.67. The number of anilines is 1. The van der Waals surface area contributed by atoms with E-state index in [9.17, 15) is 9.59 Å². The zero-order chi connectivity index (χ0) is 19.7. The Balaban J connectivity index is 1.35. The number of amides is 2. The molecule has 0 aromatic heterocycles. The summed E-state index contributed by atoms with van der Waals surface area (Å²) in [5.74, 6) is 0.00113. The van der Waals surface area contributed by atoms with Crippen molar-refractivity contribution in [3.8, 4) is 0 Å². The van der Waals surface area contributed by atoms with Crippen molar-refractivity contribution < 1.29 is 9.59 Å². The quantitative estimate of drug-likeness (QED) is 0.891. The SMILES string of the molecule is CC(=O)N1CCc2cc(C(=O)NCC(C)N3CCc4ccccc4C3)ccc21. The van der Waals surface area contributed by atoms with Gasteiger partial charge in [-0.2, -0.15) is 0 Å². The lowest BCUT2D eigenvalue weighted by Crippen LogP contribution is -2.44. The number of carbonyl (C=O) groups excluding carboxylic acids is 2. The topological polar surface area (TPSA) is 52.7 Å². The van der Waals surface area contributed by atoms with Crippen LogP contribution in [0, 0.1) is 0 Å². The highest BCUT2D eigenvalue weighted by Crippen LogP contribution is 2.29. The molecule has 5 heteroatoms. The molecule has 0 saturated carbocycles. The lowest BCUT2D eigenvalue weighted by molar-refractivity contribution is -0.116. The summed E-state index contributed by atoms with van der Waals surface area (Å²) in [6.45, 7) is 7.03. The molecule has 0 fully saturated rings. The molecule has 2 aliphatic rings. The average molecular weight is 377 g/mol. The van der Waals surface area contributed by atoms with Crippen LogP contribution in [0.4, 0.5) is 5.69 Å². The van der Waals surface area contributed by atoms with Gasteiger partial charge in [-0.3, -0.25) is 14.5 Å². The van der Waals surface area contributed by atoms with Gasteiger partial charge in [-0.05, 0) is 54.7 Å². The van der Waals surface area contributed by atoms with Crippen molar-refractivity contribution in [2.75, 3.05) is 24.5 Å². The monoisotopic (exact) mass is 377 g/mol. The van der Waals surface area contributed by atoms with E-state index in [1.165, 1.54) is 11.1 Å². The molecule has 0 radical (unpaired) electrons. The van der Waals surface area contributed by atoms with E-state index in [1.807, 2.05) is 18.2 Å². The van der Waals surface area contributed by atoms with Gasteiger partial charge in [-0.25, -0.2) is 0 Å². The second-order valence-electron chi connectivity index (χ2n) is 7.81. The summed E-state index contributed by atoms with van der Waals surface area (Å²) < 4.78 is 0. The van der Waals surface area contributed by atoms with E-state index in [0.29, 0.717) is 18.7 Å². The summed E-state index contributed by atoms with van der Waals surface area (Å²) >= 11 is 0. The van der Waals surface area contributed by atoms with Crippen molar-refractivity contribution in [3.05, 3.63) is 64.7 Å². The van der Waals surface area contributed by atoms with E-state index < -0.39 is 0 Å². The van der Waals surface area contributed by atoms with Crippen molar-refractivity contribution >= 4 is 17.5 Å². The highest BCUT2D eigenvalue weighted by atomic mass is 16.2. The lowest BCUT2D eigenvalue weighted by Gasteiger charge is -2.33. The number of carbonyl (C=O) groups is 2. The maximum Gasteiger partial charge on any atom is 0.251 e. The van der Waals surface area contributed by atoms with Gasteiger partial charge in [0.25, 0.3) is 5.91 Å². The van der Waals surface area contributed by atoms with Gasteiger partial charge in [0.1, 0.15) is 0 Å². The first kappa shape index (κ1) is 18.7. The molecular formula is C23H27N3O2. The minimum Gasteiger partial charge on any atom is -0.350 e. The van der Waals surface area contributed by atoms with Crippen molar-refractivity contribution in [1.82, 2.24) is 10.2 Å². The highest BCUT2D eigenvalue weighted by molar-refractivity contribution is 5.97. The summed E-state index contributed by atoms with van der Waals surface area (Å²) in [6, 6.07) is 14.5. The molecule has 4 rings (SSSR count). The van der Waals surface area contributed by atoms with Crippen LogP contribution in [-0.2, 0) is 24.2 Å². The van der Waals surface area contributed by atoms with E-state index in [-0.39, 0.29) is 17.9 Å². The van der Waals surface area contributed by atoms with Crippen molar-refractivity contribution in [1.29, 1.82) is 0 Å². The Hall–Kier alpha value is -2.66. The molecule has 28 heavy (non-hydrogen) atoms. The Kier molecular flexibility index (Phi) is 5.18. The molecule has 146 valence electrons. The van der Waals surface area contributed by atoms with Gasteiger partial charge in [0.15, 0.2) is 0 Å². The zero-order valence-electron chi connectivity index (χ0n) is 16.6. The van der Waals surface area contributed by atoms with Crippen LogP contribution in [0.15, 0.2) is 42.5 Å². The van der Waals surface area contributed by atoms with Gasteiger partial charge >= 0.3 is 0 Å². The fourth-order valence-electron chi connectivity index (χ4n) is 4.24. The van der Waals surface area contributed by atoms with E-state index in [1.54, 1.807) is 11.8 Å². The third-order valence-electron chi connectivity index (χ3n) is 5.96. The fourth-order valence-corrected chi connectivity index (χ4v) is 4.24. The molecular weight excluding hydrogens is 350 g/mol. The fraction of sp³-hybridized carbons (Fsp3) is 0.391. The summed E-state index contributed by atoms with van der Waals surface area (Å²) in [5, 5.41) is 3.08. The predicted octanol–water partition coefficient (Wildman–Crippen LogP) is 2.77. The number of nitrogens with one attached hydrogen (secondary N) is 1. The number of benzene rings is 2. The highest BCUT2D eigenvalue weighted by Gasteiger charge is 2.24. The normalized spacial score (nSPS) is 17.0. The van der Waals surface area contributed by atoms with Crippen LogP contribution < -0.4 is 10.2 Å². The molecule has 2 amide bonds. The van der Waals surface area contributed by atoms with E-state index >= 15 is 0 Å². The summed E-state index contributed by atoms with van der Waals surface area (Å²) in [6.07, 6.45) is 1.87. The Morgan fingerprint density at radius 1 is 1.04 bits per heavy atom. The molecule has 1 atom stereocenters. The minimum absolute atomic E-state index is 0.0478. The van der Waals surface area contributed by atoms with Gasteiger partial charge in [0, 0.05) is 50.4 Å². The van der Waals surface area contributed by atoms with Crippen molar-refractivity contribution in [2.45, 2.75) is 39.3 Å². The predicted molar refractivity (Wildman–Crippen MR) is 111 cm³/mol. The Bertz CT molecular complexity index is 908. The molecule has 0 bridgehead atoms. The van der Waals surface area contributed by atoms with E-state index in [2.05, 4.69) is 41.4 Å². The maximum absolute atomic E-state index is 12.6. The third-order valence-corrected chi connectivity index (χ3v) is 5.96. The largest absolute Gasteiger partial charge is 0.350 e. The first-order valence-corrected chi connectivity index (χ1v) is 10.0. The zero-order valence-corrected chi connectivity index (χ0v) is 16.6. The van der Waals surface area contributed by atoms with Gasteiger partial charge in [-0.15, -0.1) is 0 Å². The lowest BCUT2D eigenvalue weighted by atomic mass is 9.99. The summed E-state index contributed by atoms with van der Waals surface area (Å²) in [7, 11) is 0. The van der Waals surface area contributed by atoms with Gasteiger partial charge < -0.3 is 10.2 Å². The Morgan fingerprint density at radius 3 is 2.57 bits per heavy atom. The molecule has 5 nitrogen and oxygen atoms in total. The molecule has 2 aromatic rings. The number of nitrogens with zero attached hydrogens (tertiary/aromatic N) is 2. The molecule has 0 aliphatic carbocycles. The number of rotatable bonds is 4. The van der Waals surface area contributed by atoms with Crippen LogP contribution >= 0.6 is 0 Å². The Morgan fingerprint density at radius 2 is 1.79 bits per heavy atom. The van der Waals surface area contributed by atoms with E-state index in [4.69, 9.17) is 0 Å². The Labute approximate surface area is 166 Å². The van der Waals surface area contributed by atoms with Gasteiger partial charge in [0.05, 0.1) is 0 Å². The van der Waals surface area contributed by atoms with Gasteiger partial charge in [-0.1, -0.05) is 24.3 Å². The smallest absolute Gasteiger partial charge is 0.251 e. The minimum atomic E-state index is -0.0478. The van der Waals surface area contributed by atoms with Crippen LogP contribution in [0.5, 0.6) is 0 Å². The molecule has 1 N–H and O–H groups in total. The molecule has 2 aliphatic heterocycles. The first-order chi connectivity index (χ1) is 13.5. The summed E-state index contributed by atoms with van der Waals surface area (Å²) in [5.41, 5.74) is 5.50. The van der Waals surface area contributed by atoms with Crippen molar-refractivity contribution in [3.63, 3.8) is 0 Å². The molecule has 2 aromatic carbocycles. The van der Waals surface area contributed by atoms with Crippen LogP contribution in [0.2, 0.25) is 0 Å². The second-order valence-corrected chi connectivity index (χ2v) is 7.81. The van der Waals surface area contributed by atoms with E-state index in [0.717, 1.165) is 37.2 Å².